The number of hydrogen-bond acceptors (Lipinski definition) is 3. The van der Waals surface area contributed by atoms with E-state index in [9.17, 15) is 13.2 Å². The van der Waals surface area contributed by atoms with Crippen LogP contribution in [0.3, 0.4) is 0 Å². The van der Waals surface area contributed by atoms with Gasteiger partial charge in [-0.3, -0.25) is 4.79 Å². The molecule has 0 spiro atoms. The minimum atomic E-state index is -3.00. The summed E-state index contributed by atoms with van der Waals surface area (Å²) in [6.45, 7) is 2.58. The summed E-state index contributed by atoms with van der Waals surface area (Å²) >= 11 is 5.52. The first-order chi connectivity index (χ1) is 9.84. The van der Waals surface area contributed by atoms with Crippen molar-refractivity contribution in [2.75, 3.05) is 18.1 Å². The zero-order valence-electron chi connectivity index (χ0n) is 11.7. The van der Waals surface area contributed by atoms with E-state index in [1.54, 1.807) is 11.0 Å². The molecule has 1 amide bonds. The average molecular weight is 486 g/mol. The van der Waals surface area contributed by atoms with E-state index in [1.165, 1.54) is 0 Å². The van der Waals surface area contributed by atoms with Crippen LogP contribution >= 0.6 is 38.5 Å². The Kier molecular flexibility index (Phi) is 5.70. The van der Waals surface area contributed by atoms with Crippen molar-refractivity contribution in [2.24, 2.45) is 0 Å². The summed E-state index contributed by atoms with van der Waals surface area (Å²) in [7, 11) is -3.00. The van der Waals surface area contributed by atoms with Crippen LogP contribution in [0.25, 0.3) is 0 Å². The maximum atomic E-state index is 12.8. The smallest absolute Gasteiger partial charge is 0.255 e. The second-order valence-corrected chi connectivity index (χ2v) is 9.49. The van der Waals surface area contributed by atoms with Gasteiger partial charge in [-0.05, 0) is 53.6 Å². The first-order valence-electron chi connectivity index (χ1n) is 6.80. The van der Waals surface area contributed by atoms with Crippen molar-refractivity contribution < 1.29 is 13.2 Å². The Hall–Kier alpha value is -0.150. The molecule has 1 aromatic carbocycles. The largest absolute Gasteiger partial charge is 0.335 e. The Morgan fingerprint density at radius 3 is 2.76 bits per heavy atom. The molecule has 1 aliphatic rings. The topological polar surface area (TPSA) is 54.5 Å². The average Bonchev–Trinajstić information content (AvgIpc) is 2.78. The van der Waals surface area contributed by atoms with E-state index in [1.807, 2.05) is 19.1 Å². The lowest BCUT2D eigenvalue weighted by molar-refractivity contribution is 0.0696. The summed E-state index contributed by atoms with van der Waals surface area (Å²) in [5.41, 5.74) is 0.628. The van der Waals surface area contributed by atoms with Gasteiger partial charge in [0, 0.05) is 20.6 Å². The Labute approximate surface area is 147 Å². The lowest BCUT2D eigenvalue weighted by atomic mass is 10.1. The van der Waals surface area contributed by atoms with Crippen LogP contribution in [0.1, 0.15) is 30.1 Å². The first-order valence-corrected chi connectivity index (χ1v) is 10.5. The molecule has 0 saturated carbocycles. The van der Waals surface area contributed by atoms with Crippen molar-refractivity contribution in [3.05, 3.63) is 31.8 Å². The number of carbonyl (C=O) groups is 1. The van der Waals surface area contributed by atoms with Crippen molar-refractivity contribution in [1.29, 1.82) is 0 Å². The molecule has 1 heterocycles. The van der Waals surface area contributed by atoms with Crippen LogP contribution in [0, 0.1) is 3.57 Å². The van der Waals surface area contributed by atoms with Gasteiger partial charge in [0.1, 0.15) is 0 Å². The van der Waals surface area contributed by atoms with E-state index in [-0.39, 0.29) is 23.5 Å². The summed E-state index contributed by atoms with van der Waals surface area (Å²) in [5, 5.41) is 0. The predicted octanol–water partition coefficient (Wildman–Crippen LogP) is 3.09. The molecular weight excluding hydrogens is 469 g/mol. The maximum Gasteiger partial charge on any atom is 0.255 e. The van der Waals surface area contributed by atoms with Gasteiger partial charge >= 0.3 is 0 Å². The quantitative estimate of drug-likeness (QED) is 0.616. The molecule has 0 N–H and O–H groups in total. The summed E-state index contributed by atoms with van der Waals surface area (Å²) in [6, 6.07) is 5.38. The molecule has 21 heavy (non-hydrogen) atoms. The second kappa shape index (κ2) is 6.95. The monoisotopic (exact) mass is 485 g/mol. The van der Waals surface area contributed by atoms with Crippen LogP contribution in [-0.2, 0) is 9.84 Å². The number of halogens is 2. The molecule has 116 valence electrons. The molecule has 0 bridgehead atoms. The highest BCUT2D eigenvalue weighted by Gasteiger charge is 2.35. The molecule has 1 aromatic rings. The van der Waals surface area contributed by atoms with Crippen molar-refractivity contribution in [3.63, 3.8) is 0 Å². The molecule has 1 unspecified atom stereocenters. The lowest BCUT2D eigenvalue weighted by Crippen LogP contribution is -2.42. The Morgan fingerprint density at radius 1 is 1.48 bits per heavy atom. The van der Waals surface area contributed by atoms with Gasteiger partial charge in [0.25, 0.3) is 5.91 Å². The Morgan fingerprint density at radius 2 is 2.19 bits per heavy atom. The van der Waals surface area contributed by atoms with Crippen LogP contribution in [-0.4, -0.2) is 43.3 Å². The molecule has 0 radical (unpaired) electrons. The zero-order valence-corrected chi connectivity index (χ0v) is 16.2. The number of carbonyl (C=O) groups excluding carboxylic acids is 1. The van der Waals surface area contributed by atoms with E-state index < -0.39 is 9.84 Å². The summed E-state index contributed by atoms with van der Waals surface area (Å²) in [4.78, 5) is 14.5. The predicted molar refractivity (Wildman–Crippen MR) is 95.2 cm³/mol. The number of nitrogens with zero attached hydrogens (tertiary/aromatic N) is 1. The number of hydrogen-bond donors (Lipinski definition) is 0. The fourth-order valence-corrected chi connectivity index (χ4v) is 5.19. The number of benzene rings is 1. The number of amides is 1. The highest BCUT2D eigenvalue weighted by atomic mass is 127. The van der Waals surface area contributed by atoms with Crippen LogP contribution in [0.4, 0.5) is 0 Å². The summed E-state index contributed by atoms with van der Waals surface area (Å²) in [5.74, 6) is 0.189. The third kappa shape index (κ3) is 4.19. The highest BCUT2D eigenvalue weighted by molar-refractivity contribution is 14.1. The number of sulfone groups is 1. The third-order valence-electron chi connectivity index (χ3n) is 3.53. The minimum Gasteiger partial charge on any atom is -0.335 e. The second-order valence-electron chi connectivity index (χ2n) is 5.18. The van der Waals surface area contributed by atoms with E-state index >= 15 is 0 Å². The highest BCUT2D eigenvalue weighted by Crippen LogP contribution is 2.24. The molecule has 0 aromatic heterocycles. The minimum absolute atomic E-state index is 0.0790. The molecule has 2 rings (SSSR count). The summed E-state index contributed by atoms with van der Waals surface area (Å²) < 4.78 is 25.1. The van der Waals surface area contributed by atoms with Gasteiger partial charge in [0.2, 0.25) is 0 Å². The van der Waals surface area contributed by atoms with Crippen molar-refractivity contribution in [3.8, 4) is 0 Å². The zero-order chi connectivity index (χ0) is 15.6. The van der Waals surface area contributed by atoms with E-state index in [2.05, 4.69) is 38.5 Å². The standard InChI is InChI=1S/C14H17BrINO3S/c1-2-6-17(11-5-7-21(19,20)9-11)14(18)12-8-10(15)3-4-13(12)16/h3-4,8,11H,2,5-7,9H2,1H3. The van der Waals surface area contributed by atoms with Gasteiger partial charge in [-0.1, -0.05) is 22.9 Å². The van der Waals surface area contributed by atoms with Crippen LogP contribution in [0.2, 0.25) is 0 Å². The fourth-order valence-electron chi connectivity index (χ4n) is 2.53. The summed E-state index contributed by atoms with van der Waals surface area (Å²) in [6.07, 6.45) is 1.35. The van der Waals surface area contributed by atoms with Crippen LogP contribution in [0.5, 0.6) is 0 Å². The fraction of sp³-hybridized carbons (Fsp3) is 0.500. The van der Waals surface area contributed by atoms with Crippen LogP contribution in [0.15, 0.2) is 22.7 Å². The van der Waals surface area contributed by atoms with Gasteiger partial charge in [0.15, 0.2) is 9.84 Å². The number of rotatable bonds is 4. The van der Waals surface area contributed by atoms with Gasteiger partial charge in [-0.25, -0.2) is 8.42 Å². The van der Waals surface area contributed by atoms with Gasteiger partial charge in [0.05, 0.1) is 17.1 Å². The maximum absolute atomic E-state index is 12.8. The van der Waals surface area contributed by atoms with Gasteiger partial charge in [-0.2, -0.15) is 0 Å². The van der Waals surface area contributed by atoms with Crippen molar-refractivity contribution in [2.45, 2.75) is 25.8 Å². The van der Waals surface area contributed by atoms with Gasteiger partial charge in [-0.15, -0.1) is 0 Å². The molecule has 1 saturated heterocycles. The molecule has 7 heteroatoms. The van der Waals surface area contributed by atoms with Crippen molar-refractivity contribution in [1.82, 2.24) is 4.90 Å². The first kappa shape index (κ1) is 17.2. The molecule has 1 aliphatic heterocycles. The lowest BCUT2D eigenvalue weighted by Gasteiger charge is -2.28. The molecule has 0 aliphatic carbocycles. The van der Waals surface area contributed by atoms with Crippen molar-refractivity contribution >= 4 is 54.3 Å². The Balaban J connectivity index is 2.30. The van der Waals surface area contributed by atoms with E-state index in [0.717, 1.165) is 14.5 Å². The molecule has 1 atom stereocenters. The third-order valence-corrected chi connectivity index (χ3v) is 6.72. The SMILES string of the molecule is CCCN(C(=O)c1cc(Br)ccc1I)C1CCS(=O)(=O)C1. The van der Waals surface area contributed by atoms with E-state index in [4.69, 9.17) is 0 Å². The molecule has 4 nitrogen and oxygen atoms in total. The normalized spacial score (nSPS) is 20.4. The Bertz CT molecular complexity index is 648. The van der Waals surface area contributed by atoms with Gasteiger partial charge < -0.3 is 4.90 Å². The molecule has 1 fully saturated rings. The van der Waals surface area contributed by atoms with Crippen LogP contribution < -0.4 is 0 Å². The molecular formula is C14H17BrINO3S. The van der Waals surface area contributed by atoms with E-state index in [0.29, 0.717) is 18.5 Å².